The number of nitrogens with zero attached hydrogens (tertiary/aromatic N) is 4. The molecule has 0 aliphatic heterocycles. The number of nitrogens with one attached hydrogen (secondary N) is 2. The van der Waals surface area contributed by atoms with Crippen molar-refractivity contribution in [3.8, 4) is 0 Å². The number of carboxylic acids is 2. The van der Waals surface area contributed by atoms with E-state index in [2.05, 4.69) is 20.2 Å². The molecular weight excluding hydrogens is 430 g/mol. The number of nitrogens with two attached hydrogens (primary N) is 1. The summed E-state index contributed by atoms with van der Waals surface area (Å²) in [5.41, 5.74) is 21.7. The zero-order chi connectivity index (χ0) is 24.7. The predicted molar refractivity (Wildman–Crippen MR) is 104 cm³/mol. The smallest absolute Gasteiger partial charge is 0.326 e. The van der Waals surface area contributed by atoms with Crippen molar-refractivity contribution in [1.82, 2.24) is 10.6 Å². The first-order valence-electron chi connectivity index (χ1n) is 9.22. The quantitative estimate of drug-likeness (QED) is 0.0885. The molecule has 15 nitrogen and oxygen atoms in total. The van der Waals surface area contributed by atoms with Gasteiger partial charge < -0.3 is 32.3 Å². The number of rotatable bonds is 17. The molecule has 0 bridgehead atoms. The molecule has 0 radical (unpaired) electrons. The van der Waals surface area contributed by atoms with Crippen LogP contribution >= 0.6 is 0 Å². The minimum Gasteiger partial charge on any atom is -0.480 e. The molecular formula is C17H23N7O8. The van der Waals surface area contributed by atoms with Crippen LogP contribution in [0, 0.1) is 0 Å². The normalized spacial score (nSPS) is 12.8. The van der Waals surface area contributed by atoms with Crippen molar-refractivity contribution < 1.29 is 48.6 Å². The van der Waals surface area contributed by atoms with Gasteiger partial charge in [-0.25, -0.2) is 4.79 Å². The van der Waals surface area contributed by atoms with Gasteiger partial charge in [0.1, 0.15) is 12.1 Å². The summed E-state index contributed by atoms with van der Waals surface area (Å²) in [4.78, 5) is 74.4. The van der Waals surface area contributed by atoms with E-state index in [0.29, 0.717) is 12.4 Å². The van der Waals surface area contributed by atoms with Gasteiger partial charge in [0.05, 0.1) is 6.04 Å². The van der Waals surface area contributed by atoms with Crippen LogP contribution in [-0.4, -0.2) is 85.7 Å². The minimum atomic E-state index is -1.55. The highest BCUT2D eigenvalue weighted by atomic mass is 16.4. The van der Waals surface area contributed by atoms with Crippen LogP contribution in [0.25, 0.3) is 11.1 Å². The van der Waals surface area contributed by atoms with Crippen LogP contribution in [0.1, 0.15) is 38.5 Å². The summed E-state index contributed by atoms with van der Waals surface area (Å²) in [7, 11) is 0. The van der Waals surface area contributed by atoms with Crippen LogP contribution in [0.5, 0.6) is 0 Å². The van der Waals surface area contributed by atoms with Crippen LogP contribution in [0.2, 0.25) is 0 Å². The van der Waals surface area contributed by atoms with E-state index in [1.165, 1.54) is 0 Å². The lowest BCUT2D eigenvalue weighted by molar-refractivity contribution is -0.143. The Hall–Kier alpha value is -4.06. The van der Waals surface area contributed by atoms with Crippen molar-refractivity contribution in [2.45, 2.75) is 56.7 Å². The number of carbonyl (C=O) groups is 6. The maximum absolute atomic E-state index is 12.6. The number of primary amides is 1. The topological polar surface area (TPSA) is 266 Å². The Morgan fingerprint density at radius 2 is 1.22 bits per heavy atom. The van der Waals surface area contributed by atoms with Crippen molar-refractivity contribution in [3.63, 3.8) is 0 Å². The number of aliphatic carboxylic acids is 2. The number of hydrogen-bond donors (Lipinski definition) is 5. The maximum atomic E-state index is 12.6. The number of Topliss-reactive ketones (excluding diaryl/α,β-unsaturated/α-hetero) is 2. The highest BCUT2D eigenvalue weighted by Crippen LogP contribution is 2.07. The molecule has 0 aromatic carbocycles. The van der Waals surface area contributed by atoms with Crippen LogP contribution in [0.15, 0.2) is 0 Å². The lowest BCUT2D eigenvalue weighted by Gasteiger charge is -2.24. The third-order valence-corrected chi connectivity index (χ3v) is 4.07. The first-order valence-corrected chi connectivity index (χ1v) is 9.22. The molecule has 15 heteroatoms. The van der Waals surface area contributed by atoms with Crippen LogP contribution in [0.4, 0.5) is 0 Å². The molecule has 0 aromatic heterocycles. The highest BCUT2D eigenvalue weighted by Gasteiger charge is 2.30. The van der Waals surface area contributed by atoms with Crippen molar-refractivity contribution in [2.75, 3.05) is 0 Å². The molecule has 3 atom stereocenters. The number of carbonyl (C=O) groups excluding carboxylic acids is 4. The molecule has 0 aliphatic carbocycles. The Kier molecular flexibility index (Phi) is 13.0. The third-order valence-electron chi connectivity index (χ3n) is 4.07. The van der Waals surface area contributed by atoms with Gasteiger partial charge in [-0.05, 0) is 19.3 Å². The number of amides is 2. The molecule has 6 N–H and O–H groups in total. The minimum absolute atomic E-state index is 0.280. The van der Waals surface area contributed by atoms with Crippen molar-refractivity contribution in [1.29, 1.82) is 0 Å². The average Bonchev–Trinajstić information content (AvgIpc) is 2.70. The summed E-state index contributed by atoms with van der Waals surface area (Å²) in [6.45, 7) is 0. The van der Waals surface area contributed by atoms with Crippen molar-refractivity contribution >= 4 is 47.7 Å². The van der Waals surface area contributed by atoms with Gasteiger partial charge >= 0.3 is 24.4 Å². The molecule has 32 heavy (non-hydrogen) atoms. The van der Waals surface area contributed by atoms with E-state index in [1.54, 1.807) is 0 Å². The summed E-state index contributed by atoms with van der Waals surface area (Å²) in [5.74, 6) is -6.07. The van der Waals surface area contributed by atoms with Gasteiger partial charge in [-0.3, -0.25) is 29.3 Å². The van der Waals surface area contributed by atoms with E-state index in [1.807, 2.05) is 0 Å². The number of hydrogen-bond acceptors (Lipinski definition) is 7. The van der Waals surface area contributed by atoms with E-state index in [0.717, 1.165) is 0 Å². The number of carboxylic acid groups (broad SMARTS) is 2. The fourth-order valence-corrected chi connectivity index (χ4v) is 2.46. The van der Waals surface area contributed by atoms with Gasteiger partial charge in [0.2, 0.25) is 23.4 Å². The standard InChI is InChI=1S/C17H23N7O8/c18-14(27)6-5-12(16(29)30)23-11(3-1-9(25)7-21-19)15(28)24-13(17(31)32)4-2-10(26)8-22-20/h7-8,11-13,23H,1-6H2,(H2,18,27)(H,24,28)(H,29,30)(H,31,32). The summed E-state index contributed by atoms with van der Waals surface area (Å²) < 4.78 is 0. The van der Waals surface area contributed by atoms with Crippen molar-refractivity contribution in [3.05, 3.63) is 11.1 Å². The monoisotopic (exact) mass is 453 g/mol. The molecule has 0 aromatic rings. The fraction of sp³-hybridized carbons (Fsp3) is 0.529. The molecule has 0 saturated carbocycles. The van der Waals surface area contributed by atoms with E-state index < -0.39 is 53.4 Å². The Balaban J connectivity index is 5.48. The fourth-order valence-electron chi connectivity index (χ4n) is 2.46. The van der Waals surface area contributed by atoms with Gasteiger partial charge in [0.25, 0.3) is 0 Å². The zero-order valence-electron chi connectivity index (χ0n) is 16.8. The molecule has 0 rings (SSSR count). The lowest BCUT2D eigenvalue weighted by Crippen LogP contribution is -2.54. The Morgan fingerprint density at radius 3 is 1.62 bits per heavy atom. The van der Waals surface area contributed by atoms with Gasteiger partial charge in [-0.15, -0.1) is 0 Å². The second-order valence-corrected chi connectivity index (χ2v) is 6.51. The maximum Gasteiger partial charge on any atom is 0.326 e. The molecule has 0 heterocycles. The molecule has 174 valence electrons. The van der Waals surface area contributed by atoms with Gasteiger partial charge in [-0.2, -0.15) is 9.58 Å². The molecule has 3 unspecified atom stereocenters. The first-order chi connectivity index (χ1) is 15.0. The lowest BCUT2D eigenvalue weighted by atomic mass is 10.0. The SMILES string of the molecule is [N-]=[N+]=CC(=O)CCC(NC(=O)C(CCC(=O)C=[N+]=[N-])NC(CCC(N)=O)C(=O)O)C(=O)O. The summed E-state index contributed by atoms with van der Waals surface area (Å²) in [5, 5.41) is 23.2. The zero-order valence-corrected chi connectivity index (χ0v) is 16.8. The summed E-state index contributed by atoms with van der Waals surface area (Å²) >= 11 is 0. The predicted octanol–water partition coefficient (Wildman–Crippen LogP) is -2.47. The second-order valence-electron chi connectivity index (χ2n) is 6.51. The van der Waals surface area contributed by atoms with Gasteiger partial charge in [-0.1, -0.05) is 0 Å². The van der Waals surface area contributed by atoms with Gasteiger partial charge in [0.15, 0.2) is 0 Å². The van der Waals surface area contributed by atoms with E-state index in [4.69, 9.17) is 16.8 Å². The second kappa shape index (κ2) is 14.8. The number of ketones is 2. The summed E-state index contributed by atoms with van der Waals surface area (Å²) in [6.07, 6.45) is -0.862. The van der Waals surface area contributed by atoms with Crippen LogP contribution in [-0.2, 0) is 28.8 Å². The Morgan fingerprint density at radius 1 is 0.781 bits per heavy atom. The molecule has 0 aliphatic rings. The summed E-state index contributed by atoms with van der Waals surface area (Å²) in [6, 6.07) is -4.37. The van der Waals surface area contributed by atoms with E-state index in [9.17, 15) is 39.0 Å². The van der Waals surface area contributed by atoms with E-state index >= 15 is 0 Å². The molecule has 0 spiro atoms. The first kappa shape index (κ1) is 27.9. The van der Waals surface area contributed by atoms with E-state index in [-0.39, 0.29) is 38.5 Å². The van der Waals surface area contributed by atoms with Crippen molar-refractivity contribution in [2.24, 2.45) is 5.73 Å². The average molecular weight is 453 g/mol. The third kappa shape index (κ3) is 11.8. The highest BCUT2D eigenvalue weighted by molar-refractivity contribution is 6.25. The van der Waals surface area contributed by atoms with Crippen LogP contribution in [0.3, 0.4) is 0 Å². The molecule has 0 saturated heterocycles. The van der Waals surface area contributed by atoms with Gasteiger partial charge in [0, 0.05) is 19.3 Å². The molecule has 2 amide bonds. The Labute approximate surface area is 181 Å². The van der Waals surface area contributed by atoms with Crippen LogP contribution < -0.4 is 16.4 Å². The Bertz CT molecular complexity index is 846. The molecule has 0 fully saturated rings. The largest absolute Gasteiger partial charge is 0.480 e.